The van der Waals surface area contributed by atoms with Crippen molar-refractivity contribution in [3.05, 3.63) is 18.2 Å². The second-order valence-corrected chi connectivity index (χ2v) is 13.0. The van der Waals surface area contributed by atoms with Gasteiger partial charge in [-0.2, -0.15) is 0 Å². The molecule has 0 radical (unpaired) electrons. The normalized spacial score (nSPS) is 11.6. The molecule has 1 rings (SSSR count). The van der Waals surface area contributed by atoms with E-state index in [-0.39, 0.29) is 0 Å². The highest BCUT2D eigenvalue weighted by Gasteiger charge is 2.16. The molecule has 1 aromatic heterocycles. The third-order valence-corrected chi connectivity index (χ3v) is 9.10. The lowest BCUT2D eigenvalue weighted by Crippen LogP contribution is -2.37. The summed E-state index contributed by atoms with van der Waals surface area (Å²) in [5, 5.41) is 0. The Kier molecular flexibility index (Phi) is 27.6. The van der Waals surface area contributed by atoms with Crippen molar-refractivity contribution in [1.29, 1.82) is 0 Å². The third kappa shape index (κ3) is 21.9. The predicted octanol–water partition coefficient (Wildman–Crippen LogP) is 12.7. The van der Waals surface area contributed by atoms with Crippen molar-refractivity contribution in [2.75, 3.05) is 0 Å². The van der Waals surface area contributed by atoms with Gasteiger partial charge in [-0.05, 0) is 32.1 Å². The molecule has 0 aliphatic carbocycles. The van der Waals surface area contributed by atoms with E-state index in [9.17, 15) is 0 Å². The molecule has 0 N–H and O–H groups in total. The fraction of sp³-hybridized carbons (Fsp3) is 0.921. The fourth-order valence-corrected chi connectivity index (χ4v) is 6.33. The average molecular weight is 560 g/mol. The SMILES string of the molecule is CCCCCCCCCCCCCCCc1n(CCCCCCCCCCC)cc[n+]1CCCCCCCCC. The number of imidazole rings is 1. The molecule has 0 aliphatic heterocycles. The van der Waals surface area contributed by atoms with Crippen LogP contribution in [0.3, 0.4) is 0 Å². The lowest BCUT2D eigenvalue weighted by Gasteiger charge is -2.07. The first kappa shape index (κ1) is 37.2. The Labute approximate surface area is 253 Å². The minimum Gasteiger partial charge on any atom is -0.234 e. The number of hydrogen-bond donors (Lipinski definition) is 0. The number of unbranched alkanes of at least 4 members (excludes halogenated alkanes) is 26. The summed E-state index contributed by atoms with van der Waals surface area (Å²) in [5.41, 5.74) is 0. The van der Waals surface area contributed by atoms with Crippen molar-refractivity contribution in [2.24, 2.45) is 0 Å². The van der Waals surface area contributed by atoms with Crippen molar-refractivity contribution in [3.8, 4) is 0 Å². The second-order valence-electron chi connectivity index (χ2n) is 13.0. The zero-order chi connectivity index (χ0) is 28.8. The topological polar surface area (TPSA) is 8.81 Å². The Morgan fingerprint density at radius 2 is 0.775 bits per heavy atom. The fourth-order valence-electron chi connectivity index (χ4n) is 6.33. The standard InChI is InChI=1S/C38H75N2/c1-4-7-10-13-16-18-19-20-21-22-24-27-30-33-38-39(34-31-28-25-15-12-9-6-3)36-37-40(38)35-32-29-26-23-17-14-11-8-5-2/h36-37H,4-35H2,1-3H3/q+1. The van der Waals surface area contributed by atoms with E-state index in [1.165, 1.54) is 206 Å². The molecule has 1 aromatic rings. The van der Waals surface area contributed by atoms with Gasteiger partial charge < -0.3 is 0 Å². The Hall–Kier alpha value is -0.790. The highest BCUT2D eigenvalue weighted by molar-refractivity contribution is 4.84. The Morgan fingerprint density at radius 1 is 0.425 bits per heavy atom. The average Bonchev–Trinajstić information content (AvgIpc) is 3.35. The van der Waals surface area contributed by atoms with Gasteiger partial charge in [0.05, 0.1) is 13.1 Å². The van der Waals surface area contributed by atoms with Gasteiger partial charge in [0, 0.05) is 6.42 Å². The van der Waals surface area contributed by atoms with Crippen molar-refractivity contribution in [3.63, 3.8) is 0 Å². The van der Waals surface area contributed by atoms with Crippen LogP contribution in [0.15, 0.2) is 12.4 Å². The van der Waals surface area contributed by atoms with E-state index in [0.717, 1.165) is 0 Å². The summed E-state index contributed by atoms with van der Waals surface area (Å²) in [6.07, 6.45) is 47.4. The minimum atomic E-state index is 1.23. The summed E-state index contributed by atoms with van der Waals surface area (Å²) >= 11 is 0. The third-order valence-electron chi connectivity index (χ3n) is 9.10. The molecule has 236 valence electrons. The second kappa shape index (κ2) is 29.7. The molecular formula is C38H75N2+. The highest BCUT2D eigenvalue weighted by atomic mass is 15.1. The summed E-state index contributed by atoms with van der Waals surface area (Å²) in [6.45, 7) is 9.40. The molecule has 0 atom stereocenters. The number of hydrogen-bond acceptors (Lipinski definition) is 0. The summed E-state index contributed by atoms with van der Waals surface area (Å²) in [4.78, 5) is 0. The van der Waals surface area contributed by atoms with Crippen LogP contribution >= 0.6 is 0 Å². The molecule has 2 heteroatoms. The van der Waals surface area contributed by atoms with E-state index in [1.807, 2.05) is 0 Å². The molecule has 0 unspecified atom stereocenters. The monoisotopic (exact) mass is 560 g/mol. The molecule has 0 aromatic carbocycles. The van der Waals surface area contributed by atoms with Crippen LogP contribution in [0, 0.1) is 0 Å². The Morgan fingerprint density at radius 3 is 1.20 bits per heavy atom. The molecule has 0 saturated carbocycles. The summed E-state index contributed by atoms with van der Waals surface area (Å²) in [7, 11) is 0. The predicted molar refractivity (Wildman–Crippen MR) is 179 cm³/mol. The van der Waals surface area contributed by atoms with E-state index in [0.29, 0.717) is 0 Å². The van der Waals surface area contributed by atoms with Gasteiger partial charge >= 0.3 is 0 Å². The van der Waals surface area contributed by atoms with E-state index in [4.69, 9.17) is 0 Å². The molecule has 0 aliphatic rings. The molecule has 2 nitrogen and oxygen atoms in total. The molecule has 0 bridgehead atoms. The number of aromatic nitrogens is 2. The zero-order valence-electron chi connectivity index (χ0n) is 28.2. The van der Waals surface area contributed by atoms with Crippen molar-refractivity contribution < 1.29 is 4.57 Å². The molecule has 0 amide bonds. The molecule has 0 fully saturated rings. The number of nitrogens with zero attached hydrogens (tertiary/aromatic N) is 2. The maximum atomic E-state index is 2.63. The molecule has 0 saturated heterocycles. The van der Waals surface area contributed by atoms with Gasteiger partial charge in [0.25, 0.3) is 5.82 Å². The van der Waals surface area contributed by atoms with Gasteiger partial charge in [0.15, 0.2) is 0 Å². The van der Waals surface area contributed by atoms with Crippen molar-refractivity contribution in [2.45, 2.75) is 226 Å². The maximum absolute atomic E-state index is 2.63. The lowest BCUT2D eigenvalue weighted by atomic mass is 10.0. The first-order chi connectivity index (χ1) is 19.8. The molecular weight excluding hydrogens is 484 g/mol. The largest absolute Gasteiger partial charge is 0.256 e. The zero-order valence-corrected chi connectivity index (χ0v) is 28.2. The summed E-state index contributed by atoms with van der Waals surface area (Å²) < 4.78 is 5.25. The van der Waals surface area contributed by atoms with Gasteiger partial charge in [-0.3, -0.25) is 0 Å². The van der Waals surface area contributed by atoms with E-state index < -0.39 is 0 Å². The molecule has 0 spiro atoms. The van der Waals surface area contributed by atoms with Gasteiger partial charge in [0.2, 0.25) is 0 Å². The molecule has 40 heavy (non-hydrogen) atoms. The van der Waals surface area contributed by atoms with E-state index >= 15 is 0 Å². The van der Waals surface area contributed by atoms with Crippen LogP contribution in [0.5, 0.6) is 0 Å². The smallest absolute Gasteiger partial charge is 0.234 e. The van der Waals surface area contributed by atoms with Crippen molar-refractivity contribution in [1.82, 2.24) is 4.57 Å². The van der Waals surface area contributed by atoms with Gasteiger partial charge in [-0.25, -0.2) is 9.13 Å². The summed E-state index contributed by atoms with van der Waals surface area (Å²) in [6, 6.07) is 0. The Bertz CT molecular complexity index is 619. The van der Waals surface area contributed by atoms with E-state index in [2.05, 4.69) is 42.3 Å². The molecule has 1 heterocycles. The lowest BCUT2D eigenvalue weighted by molar-refractivity contribution is -0.704. The first-order valence-corrected chi connectivity index (χ1v) is 18.9. The number of rotatable bonds is 32. The summed E-state index contributed by atoms with van der Waals surface area (Å²) in [5.74, 6) is 1.62. The van der Waals surface area contributed by atoms with Gasteiger partial charge in [-0.1, -0.05) is 175 Å². The van der Waals surface area contributed by atoms with Gasteiger partial charge in [0.1, 0.15) is 12.4 Å². The van der Waals surface area contributed by atoms with E-state index in [1.54, 1.807) is 5.82 Å². The van der Waals surface area contributed by atoms with Crippen molar-refractivity contribution >= 4 is 0 Å². The van der Waals surface area contributed by atoms with Crippen LogP contribution in [-0.4, -0.2) is 4.57 Å². The van der Waals surface area contributed by atoms with Crippen LogP contribution in [-0.2, 0) is 19.5 Å². The van der Waals surface area contributed by atoms with Crippen LogP contribution in [0.1, 0.15) is 213 Å². The quantitative estimate of drug-likeness (QED) is 0.0613. The van der Waals surface area contributed by atoms with Crippen LogP contribution < -0.4 is 4.57 Å². The highest BCUT2D eigenvalue weighted by Crippen LogP contribution is 2.15. The Balaban J connectivity index is 2.29. The first-order valence-electron chi connectivity index (χ1n) is 18.9. The number of aryl methyl sites for hydroxylation is 2. The van der Waals surface area contributed by atoms with Crippen LogP contribution in [0.4, 0.5) is 0 Å². The maximum Gasteiger partial charge on any atom is 0.256 e. The van der Waals surface area contributed by atoms with Crippen LogP contribution in [0.25, 0.3) is 0 Å². The van der Waals surface area contributed by atoms with Gasteiger partial charge in [-0.15, -0.1) is 0 Å². The van der Waals surface area contributed by atoms with Crippen LogP contribution in [0.2, 0.25) is 0 Å². The minimum absolute atomic E-state index is 1.23.